The van der Waals surface area contributed by atoms with Gasteiger partial charge < -0.3 is 10.5 Å². The Hall–Kier alpha value is -1.02. The van der Waals surface area contributed by atoms with Gasteiger partial charge in [-0.2, -0.15) is 0 Å². The van der Waals surface area contributed by atoms with Crippen molar-refractivity contribution in [3.05, 3.63) is 29.8 Å². The van der Waals surface area contributed by atoms with Crippen molar-refractivity contribution in [3.63, 3.8) is 0 Å². The van der Waals surface area contributed by atoms with Crippen LogP contribution in [0.15, 0.2) is 24.3 Å². The SMILES string of the molecule is COc1ccccc1C1CCC(CN)CC1. The maximum Gasteiger partial charge on any atom is 0.122 e. The van der Waals surface area contributed by atoms with Crippen LogP contribution in [0.25, 0.3) is 0 Å². The normalized spacial score (nSPS) is 25.4. The van der Waals surface area contributed by atoms with Crippen molar-refractivity contribution in [1.29, 1.82) is 0 Å². The first kappa shape index (κ1) is 11.5. The Morgan fingerprint density at radius 2 is 1.88 bits per heavy atom. The minimum atomic E-state index is 0.666. The zero-order valence-corrected chi connectivity index (χ0v) is 9.99. The Balaban J connectivity index is 2.07. The lowest BCUT2D eigenvalue weighted by Gasteiger charge is -2.28. The Bertz CT molecular complexity index is 329. The molecule has 16 heavy (non-hydrogen) atoms. The number of nitrogens with two attached hydrogens (primary N) is 1. The zero-order chi connectivity index (χ0) is 11.4. The topological polar surface area (TPSA) is 35.2 Å². The van der Waals surface area contributed by atoms with E-state index in [1.165, 1.54) is 31.2 Å². The lowest BCUT2D eigenvalue weighted by molar-refractivity contribution is 0.324. The van der Waals surface area contributed by atoms with Gasteiger partial charge in [0.15, 0.2) is 0 Å². The van der Waals surface area contributed by atoms with E-state index in [4.69, 9.17) is 10.5 Å². The van der Waals surface area contributed by atoms with E-state index in [0.29, 0.717) is 5.92 Å². The van der Waals surface area contributed by atoms with Crippen LogP contribution < -0.4 is 10.5 Å². The molecule has 1 aliphatic rings. The summed E-state index contributed by atoms with van der Waals surface area (Å²) < 4.78 is 5.43. The number of ether oxygens (including phenoxy) is 1. The van der Waals surface area contributed by atoms with Gasteiger partial charge in [0.1, 0.15) is 5.75 Å². The van der Waals surface area contributed by atoms with E-state index in [-0.39, 0.29) is 0 Å². The first-order valence-corrected chi connectivity index (χ1v) is 6.18. The molecule has 0 spiro atoms. The maximum absolute atomic E-state index is 5.72. The van der Waals surface area contributed by atoms with Gasteiger partial charge in [0, 0.05) is 0 Å². The third-order valence-corrected chi connectivity index (χ3v) is 3.76. The first-order valence-electron chi connectivity index (χ1n) is 6.18. The third-order valence-electron chi connectivity index (χ3n) is 3.76. The summed E-state index contributed by atoms with van der Waals surface area (Å²) in [6.45, 7) is 0.846. The van der Waals surface area contributed by atoms with Crippen molar-refractivity contribution >= 4 is 0 Å². The average molecular weight is 219 g/mol. The summed E-state index contributed by atoms with van der Waals surface area (Å²) in [5.41, 5.74) is 7.09. The molecule has 0 bridgehead atoms. The third kappa shape index (κ3) is 2.38. The molecule has 0 radical (unpaired) electrons. The molecule has 2 heteroatoms. The van der Waals surface area contributed by atoms with Crippen LogP contribution in [-0.2, 0) is 0 Å². The fourth-order valence-electron chi connectivity index (χ4n) is 2.71. The number of methoxy groups -OCH3 is 1. The fourth-order valence-corrected chi connectivity index (χ4v) is 2.71. The number of rotatable bonds is 3. The highest BCUT2D eigenvalue weighted by Crippen LogP contribution is 2.38. The van der Waals surface area contributed by atoms with E-state index < -0.39 is 0 Å². The highest BCUT2D eigenvalue weighted by molar-refractivity contribution is 5.36. The molecule has 2 nitrogen and oxygen atoms in total. The zero-order valence-electron chi connectivity index (χ0n) is 9.99. The molecular weight excluding hydrogens is 198 g/mol. The van der Waals surface area contributed by atoms with Crippen molar-refractivity contribution < 1.29 is 4.74 Å². The van der Waals surface area contributed by atoms with Crippen molar-refractivity contribution in [1.82, 2.24) is 0 Å². The van der Waals surface area contributed by atoms with Gasteiger partial charge in [-0.05, 0) is 55.7 Å². The van der Waals surface area contributed by atoms with Gasteiger partial charge in [0.05, 0.1) is 7.11 Å². The maximum atomic E-state index is 5.72. The monoisotopic (exact) mass is 219 g/mol. The van der Waals surface area contributed by atoms with Gasteiger partial charge in [-0.25, -0.2) is 0 Å². The molecule has 0 unspecified atom stereocenters. The number of benzene rings is 1. The predicted octanol–water partition coefficient (Wildman–Crippen LogP) is 2.93. The molecule has 1 aromatic rings. The Labute approximate surface area is 97.8 Å². The van der Waals surface area contributed by atoms with Crippen LogP contribution in [0.4, 0.5) is 0 Å². The fraction of sp³-hybridized carbons (Fsp3) is 0.571. The van der Waals surface area contributed by atoms with E-state index in [1.807, 2.05) is 6.07 Å². The number of hydrogen-bond acceptors (Lipinski definition) is 2. The molecule has 1 aliphatic carbocycles. The predicted molar refractivity (Wildman–Crippen MR) is 66.7 cm³/mol. The van der Waals surface area contributed by atoms with Crippen molar-refractivity contribution in [3.8, 4) is 5.75 Å². The van der Waals surface area contributed by atoms with Crippen molar-refractivity contribution in [2.45, 2.75) is 31.6 Å². The largest absolute Gasteiger partial charge is 0.496 e. The van der Waals surface area contributed by atoms with E-state index >= 15 is 0 Å². The van der Waals surface area contributed by atoms with Gasteiger partial charge >= 0.3 is 0 Å². The van der Waals surface area contributed by atoms with E-state index in [2.05, 4.69) is 18.2 Å². The molecule has 0 amide bonds. The van der Waals surface area contributed by atoms with E-state index in [0.717, 1.165) is 18.2 Å². The van der Waals surface area contributed by atoms with Crippen LogP contribution >= 0.6 is 0 Å². The minimum Gasteiger partial charge on any atom is -0.496 e. The average Bonchev–Trinajstić information content (AvgIpc) is 2.39. The molecule has 0 atom stereocenters. The Kier molecular flexibility index (Phi) is 3.83. The van der Waals surface area contributed by atoms with Crippen LogP contribution in [0.5, 0.6) is 5.75 Å². The first-order chi connectivity index (χ1) is 7.85. The molecule has 0 saturated heterocycles. The summed E-state index contributed by atoms with van der Waals surface area (Å²) in [4.78, 5) is 0. The van der Waals surface area contributed by atoms with Gasteiger partial charge in [0.25, 0.3) is 0 Å². The van der Waals surface area contributed by atoms with E-state index in [9.17, 15) is 0 Å². The Morgan fingerprint density at radius 3 is 2.50 bits per heavy atom. The minimum absolute atomic E-state index is 0.666. The highest BCUT2D eigenvalue weighted by atomic mass is 16.5. The molecular formula is C14H21NO. The summed E-state index contributed by atoms with van der Waals surface area (Å²) in [6, 6.07) is 8.40. The molecule has 2 N–H and O–H groups in total. The van der Waals surface area contributed by atoms with Crippen LogP contribution in [0.2, 0.25) is 0 Å². The molecule has 0 aromatic heterocycles. The van der Waals surface area contributed by atoms with Crippen LogP contribution in [0, 0.1) is 5.92 Å². The molecule has 2 rings (SSSR count). The molecule has 1 saturated carbocycles. The summed E-state index contributed by atoms with van der Waals surface area (Å²) in [5.74, 6) is 2.45. The van der Waals surface area contributed by atoms with Gasteiger partial charge in [-0.15, -0.1) is 0 Å². The summed E-state index contributed by atoms with van der Waals surface area (Å²) in [7, 11) is 1.75. The van der Waals surface area contributed by atoms with Crippen LogP contribution in [-0.4, -0.2) is 13.7 Å². The number of hydrogen-bond donors (Lipinski definition) is 1. The summed E-state index contributed by atoms with van der Waals surface area (Å²) >= 11 is 0. The van der Waals surface area contributed by atoms with E-state index in [1.54, 1.807) is 7.11 Å². The second kappa shape index (κ2) is 5.35. The second-order valence-corrected chi connectivity index (χ2v) is 4.70. The van der Waals surface area contributed by atoms with Crippen molar-refractivity contribution in [2.24, 2.45) is 11.7 Å². The molecule has 88 valence electrons. The molecule has 1 fully saturated rings. The second-order valence-electron chi connectivity index (χ2n) is 4.70. The quantitative estimate of drug-likeness (QED) is 0.848. The van der Waals surface area contributed by atoms with Gasteiger partial charge in [0.2, 0.25) is 0 Å². The Morgan fingerprint density at radius 1 is 1.19 bits per heavy atom. The smallest absolute Gasteiger partial charge is 0.122 e. The summed E-state index contributed by atoms with van der Waals surface area (Å²) in [6.07, 6.45) is 5.03. The number of para-hydroxylation sites is 1. The van der Waals surface area contributed by atoms with Crippen LogP contribution in [0.3, 0.4) is 0 Å². The van der Waals surface area contributed by atoms with Gasteiger partial charge in [-0.3, -0.25) is 0 Å². The molecule has 0 heterocycles. The van der Waals surface area contributed by atoms with Crippen molar-refractivity contribution in [2.75, 3.05) is 13.7 Å². The standard InChI is InChI=1S/C14H21NO/c1-16-14-5-3-2-4-13(14)12-8-6-11(10-15)7-9-12/h2-5,11-12H,6-10,15H2,1H3. The van der Waals surface area contributed by atoms with Gasteiger partial charge in [-0.1, -0.05) is 18.2 Å². The lowest BCUT2D eigenvalue weighted by atomic mass is 9.78. The van der Waals surface area contributed by atoms with Crippen LogP contribution in [0.1, 0.15) is 37.2 Å². The molecule has 0 aliphatic heterocycles. The molecule has 1 aromatic carbocycles. The summed E-state index contributed by atoms with van der Waals surface area (Å²) in [5, 5.41) is 0. The highest BCUT2D eigenvalue weighted by Gasteiger charge is 2.23. The lowest BCUT2D eigenvalue weighted by Crippen LogP contribution is -2.20.